The highest BCUT2D eigenvalue weighted by Gasteiger charge is 2.39. The fourth-order valence-corrected chi connectivity index (χ4v) is 2.07. The Bertz CT molecular complexity index is 497. The maximum Gasteiger partial charge on any atom is 0.326 e. The number of hydrogen-bond acceptors (Lipinski definition) is 3. The predicted octanol–water partition coefficient (Wildman–Crippen LogP) is 1.72. The van der Waals surface area contributed by atoms with Crippen molar-refractivity contribution in [2.75, 3.05) is 0 Å². The van der Waals surface area contributed by atoms with Gasteiger partial charge in [0.2, 0.25) is 0 Å². The van der Waals surface area contributed by atoms with Crippen LogP contribution in [0.4, 0.5) is 0 Å². The molecule has 0 saturated heterocycles. The summed E-state index contributed by atoms with van der Waals surface area (Å²) >= 11 is 0. The third-order valence-electron chi connectivity index (χ3n) is 3.40. The van der Waals surface area contributed by atoms with E-state index < -0.39 is 12.0 Å². The van der Waals surface area contributed by atoms with Crippen molar-refractivity contribution in [3.05, 3.63) is 29.6 Å². The number of rotatable bonds is 5. The molecule has 1 fully saturated rings. The van der Waals surface area contributed by atoms with Gasteiger partial charge >= 0.3 is 5.97 Å². The van der Waals surface area contributed by atoms with Gasteiger partial charge in [0.05, 0.1) is 0 Å². The second kappa shape index (κ2) is 5.38. The van der Waals surface area contributed by atoms with Gasteiger partial charge in [0.25, 0.3) is 5.91 Å². The molecule has 1 aliphatic rings. The fourth-order valence-electron chi connectivity index (χ4n) is 2.07. The van der Waals surface area contributed by atoms with Crippen molar-refractivity contribution in [2.24, 2.45) is 0 Å². The van der Waals surface area contributed by atoms with E-state index in [-0.39, 0.29) is 11.9 Å². The van der Waals surface area contributed by atoms with Gasteiger partial charge in [-0.1, -0.05) is 6.92 Å². The number of aliphatic carboxylic acids is 1. The largest absolute Gasteiger partial charge is 0.480 e. The first-order chi connectivity index (χ1) is 9.04. The number of aryl methyl sites for hydroxylation is 1. The van der Waals surface area contributed by atoms with Gasteiger partial charge in [0, 0.05) is 12.2 Å². The van der Waals surface area contributed by atoms with E-state index in [9.17, 15) is 9.59 Å². The number of aromatic nitrogens is 1. The quantitative estimate of drug-likeness (QED) is 0.877. The van der Waals surface area contributed by atoms with Crippen molar-refractivity contribution in [3.63, 3.8) is 0 Å². The highest BCUT2D eigenvalue weighted by molar-refractivity contribution is 5.95. The van der Waals surface area contributed by atoms with E-state index in [0.717, 1.165) is 24.8 Å². The first-order valence-electron chi connectivity index (χ1n) is 6.55. The lowest BCUT2D eigenvalue weighted by molar-refractivity contribution is -0.141. The van der Waals surface area contributed by atoms with Crippen LogP contribution in [0, 0.1) is 0 Å². The van der Waals surface area contributed by atoms with E-state index in [1.54, 1.807) is 19.2 Å². The number of nitrogens with zero attached hydrogens (tertiary/aromatic N) is 2. The Labute approximate surface area is 112 Å². The molecule has 1 atom stereocenters. The van der Waals surface area contributed by atoms with Gasteiger partial charge in [-0.05, 0) is 43.9 Å². The maximum atomic E-state index is 12.4. The van der Waals surface area contributed by atoms with Crippen LogP contribution in [-0.2, 0) is 11.2 Å². The van der Waals surface area contributed by atoms with Crippen molar-refractivity contribution in [1.82, 2.24) is 9.88 Å². The SMILES string of the molecule is CCc1ccnc(C(=O)N(C2CC2)C(C)C(=O)O)c1. The Morgan fingerprint density at radius 1 is 1.53 bits per heavy atom. The molecule has 0 aromatic carbocycles. The molecule has 0 bridgehead atoms. The monoisotopic (exact) mass is 262 g/mol. The number of carboxylic acid groups (broad SMARTS) is 1. The molecule has 1 amide bonds. The molecule has 0 radical (unpaired) electrons. The van der Waals surface area contributed by atoms with Crippen LogP contribution < -0.4 is 0 Å². The van der Waals surface area contributed by atoms with E-state index in [2.05, 4.69) is 4.98 Å². The van der Waals surface area contributed by atoms with Crippen LogP contribution >= 0.6 is 0 Å². The lowest BCUT2D eigenvalue weighted by Crippen LogP contribution is -2.45. The van der Waals surface area contributed by atoms with Crippen LogP contribution in [0.15, 0.2) is 18.3 Å². The van der Waals surface area contributed by atoms with Crippen molar-refractivity contribution >= 4 is 11.9 Å². The molecule has 19 heavy (non-hydrogen) atoms. The second-order valence-electron chi connectivity index (χ2n) is 4.86. The molecular formula is C14H18N2O3. The zero-order chi connectivity index (χ0) is 14.0. The minimum absolute atomic E-state index is 0.0469. The molecule has 5 heteroatoms. The number of carbonyl (C=O) groups excluding carboxylic acids is 1. The molecule has 1 N–H and O–H groups in total. The van der Waals surface area contributed by atoms with E-state index in [0.29, 0.717) is 5.69 Å². The Balaban J connectivity index is 2.26. The Kier molecular flexibility index (Phi) is 3.83. The first-order valence-corrected chi connectivity index (χ1v) is 6.55. The molecule has 5 nitrogen and oxygen atoms in total. The van der Waals surface area contributed by atoms with Crippen molar-refractivity contribution < 1.29 is 14.7 Å². The summed E-state index contributed by atoms with van der Waals surface area (Å²) < 4.78 is 0. The molecule has 1 aromatic rings. The summed E-state index contributed by atoms with van der Waals surface area (Å²) in [7, 11) is 0. The van der Waals surface area contributed by atoms with Gasteiger partial charge in [-0.2, -0.15) is 0 Å². The number of amides is 1. The maximum absolute atomic E-state index is 12.4. The van der Waals surface area contributed by atoms with E-state index in [1.165, 1.54) is 4.90 Å². The fraction of sp³-hybridized carbons (Fsp3) is 0.500. The molecule has 2 rings (SSSR count). The Morgan fingerprint density at radius 2 is 2.21 bits per heavy atom. The number of carbonyl (C=O) groups is 2. The molecule has 1 saturated carbocycles. The Hall–Kier alpha value is -1.91. The zero-order valence-corrected chi connectivity index (χ0v) is 11.2. The van der Waals surface area contributed by atoms with Gasteiger partial charge in [0.15, 0.2) is 0 Å². The third-order valence-corrected chi connectivity index (χ3v) is 3.40. The van der Waals surface area contributed by atoms with E-state index in [1.807, 2.05) is 13.0 Å². The minimum atomic E-state index is -0.980. The average Bonchev–Trinajstić information content (AvgIpc) is 3.23. The first kappa shape index (κ1) is 13.5. The van der Waals surface area contributed by atoms with Crippen LogP contribution in [-0.4, -0.2) is 39.0 Å². The highest BCUT2D eigenvalue weighted by Crippen LogP contribution is 2.30. The van der Waals surface area contributed by atoms with Crippen LogP contribution in [0.2, 0.25) is 0 Å². The number of hydrogen-bond donors (Lipinski definition) is 1. The summed E-state index contributed by atoms with van der Waals surface area (Å²) in [5.74, 6) is -1.26. The van der Waals surface area contributed by atoms with E-state index in [4.69, 9.17) is 5.11 Å². The predicted molar refractivity (Wildman–Crippen MR) is 69.9 cm³/mol. The highest BCUT2D eigenvalue weighted by atomic mass is 16.4. The van der Waals surface area contributed by atoms with E-state index >= 15 is 0 Å². The molecule has 1 heterocycles. The summed E-state index contributed by atoms with van der Waals surface area (Å²) in [5.41, 5.74) is 1.36. The summed E-state index contributed by atoms with van der Waals surface area (Å²) in [6.07, 6.45) is 4.16. The number of carboxylic acids is 1. The standard InChI is InChI=1S/C14H18N2O3/c1-3-10-6-7-15-12(8-10)13(17)16(11-4-5-11)9(2)14(18)19/h6-9,11H,3-5H2,1-2H3,(H,18,19). The van der Waals surface area contributed by atoms with Crippen molar-refractivity contribution in [3.8, 4) is 0 Å². The van der Waals surface area contributed by atoms with Crippen LogP contribution in [0.1, 0.15) is 42.7 Å². The van der Waals surface area contributed by atoms with Crippen molar-refractivity contribution in [2.45, 2.75) is 45.2 Å². The van der Waals surface area contributed by atoms with Gasteiger partial charge in [-0.25, -0.2) is 4.79 Å². The molecule has 1 aromatic heterocycles. The van der Waals surface area contributed by atoms with Gasteiger partial charge < -0.3 is 10.0 Å². The molecule has 102 valence electrons. The third kappa shape index (κ3) is 2.92. The summed E-state index contributed by atoms with van der Waals surface area (Å²) in [4.78, 5) is 29.1. The van der Waals surface area contributed by atoms with Gasteiger partial charge in [-0.15, -0.1) is 0 Å². The topological polar surface area (TPSA) is 70.5 Å². The summed E-state index contributed by atoms with van der Waals surface area (Å²) in [5, 5.41) is 9.11. The molecule has 1 aliphatic carbocycles. The molecule has 0 aliphatic heterocycles. The molecular weight excluding hydrogens is 244 g/mol. The van der Waals surface area contributed by atoms with Gasteiger partial charge in [-0.3, -0.25) is 9.78 Å². The minimum Gasteiger partial charge on any atom is -0.480 e. The molecule has 1 unspecified atom stereocenters. The van der Waals surface area contributed by atoms with Crippen LogP contribution in [0.5, 0.6) is 0 Å². The normalized spacial score (nSPS) is 15.9. The van der Waals surface area contributed by atoms with Gasteiger partial charge in [0.1, 0.15) is 11.7 Å². The summed E-state index contributed by atoms with van der Waals surface area (Å²) in [6, 6.07) is 2.84. The average molecular weight is 262 g/mol. The number of pyridine rings is 1. The smallest absolute Gasteiger partial charge is 0.326 e. The summed E-state index contributed by atoms with van der Waals surface area (Å²) in [6.45, 7) is 3.55. The van der Waals surface area contributed by atoms with Crippen LogP contribution in [0.3, 0.4) is 0 Å². The lowest BCUT2D eigenvalue weighted by Gasteiger charge is -2.26. The van der Waals surface area contributed by atoms with Crippen LogP contribution in [0.25, 0.3) is 0 Å². The molecule has 0 spiro atoms. The zero-order valence-electron chi connectivity index (χ0n) is 11.2. The van der Waals surface area contributed by atoms with Crippen molar-refractivity contribution in [1.29, 1.82) is 0 Å². The lowest BCUT2D eigenvalue weighted by atomic mass is 10.1. The Morgan fingerprint density at radius 3 is 2.74 bits per heavy atom. The second-order valence-corrected chi connectivity index (χ2v) is 4.86.